The Morgan fingerprint density at radius 1 is 1.31 bits per heavy atom. The maximum absolute atomic E-state index is 13.8. The molecule has 1 N–H and O–H groups in total. The number of esters is 1. The number of para-hydroxylation sites is 2. The molecule has 29 heavy (non-hydrogen) atoms. The van der Waals surface area contributed by atoms with Gasteiger partial charge in [0.25, 0.3) is 11.8 Å². The summed E-state index contributed by atoms with van der Waals surface area (Å²) in [5.41, 5.74) is 0.560. The van der Waals surface area contributed by atoms with Crippen LogP contribution in [0.15, 0.2) is 46.9 Å². The molecule has 9 heteroatoms. The number of fused-ring (bicyclic) bond motifs is 1. The molecule has 152 valence electrons. The number of anilines is 2. The Morgan fingerprint density at radius 2 is 2.07 bits per heavy atom. The number of rotatable bonds is 6. The minimum absolute atomic E-state index is 0.0170. The zero-order valence-corrected chi connectivity index (χ0v) is 17.1. The lowest BCUT2D eigenvalue weighted by Crippen LogP contribution is -2.40. The summed E-state index contributed by atoms with van der Waals surface area (Å²) in [6.45, 7) is 1.37. The molecule has 0 aromatic heterocycles. The summed E-state index contributed by atoms with van der Waals surface area (Å²) < 4.78 is 24.8. The van der Waals surface area contributed by atoms with Gasteiger partial charge in [-0.05, 0) is 37.3 Å². The minimum Gasteiger partial charge on any atom is -0.482 e. The molecule has 0 spiro atoms. The molecular weight excluding hydrogens is 447 g/mol. The molecule has 3 rings (SSSR count). The van der Waals surface area contributed by atoms with Crippen LogP contribution in [0.25, 0.3) is 0 Å². The van der Waals surface area contributed by atoms with Gasteiger partial charge in [0.05, 0.1) is 17.8 Å². The smallest absolute Gasteiger partial charge is 0.308 e. The first kappa shape index (κ1) is 20.8. The Bertz CT molecular complexity index is 952. The summed E-state index contributed by atoms with van der Waals surface area (Å²) in [4.78, 5) is 37.8. The number of benzene rings is 2. The average molecular weight is 465 g/mol. The fourth-order valence-electron chi connectivity index (χ4n) is 2.74. The summed E-state index contributed by atoms with van der Waals surface area (Å²) in [6, 6.07) is 11.2. The van der Waals surface area contributed by atoms with Crippen molar-refractivity contribution in [3.63, 3.8) is 0 Å². The molecule has 0 fully saturated rings. The SMILES string of the molecule is CC(OC(=O)CCN1C(=O)COc2ccccc21)C(=O)Nc1ccc(Br)cc1F. The van der Waals surface area contributed by atoms with E-state index in [9.17, 15) is 18.8 Å². The normalized spacial score (nSPS) is 13.9. The number of hydrogen-bond acceptors (Lipinski definition) is 5. The average Bonchev–Trinajstić information content (AvgIpc) is 2.69. The number of nitrogens with zero attached hydrogens (tertiary/aromatic N) is 1. The van der Waals surface area contributed by atoms with Gasteiger partial charge < -0.3 is 19.7 Å². The van der Waals surface area contributed by atoms with Gasteiger partial charge >= 0.3 is 5.97 Å². The molecule has 1 aliphatic heterocycles. The lowest BCUT2D eigenvalue weighted by Gasteiger charge is -2.29. The largest absolute Gasteiger partial charge is 0.482 e. The Balaban J connectivity index is 1.54. The Labute approximate surface area is 174 Å². The molecule has 0 aliphatic carbocycles. The number of halogens is 2. The van der Waals surface area contributed by atoms with Crippen molar-refractivity contribution in [2.45, 2.75) is 19.4 Å². The summed E-state index contributed by atoms with van der Waals surface area (Å²) >= 11 is 3.13. The molecular formula is C20H18BrFN2O5. The van der Waals surface area contributed by atoms with Crippen molar-refractivity contribution < 1.29 is 28.2 Å². The zero-order valence-electron chi connectivity index (χ0n) is 15.5. The van der Waals surface area contributed by atoms with Crippen LogP contribution in [0.5, 0.6) is 5.75 Å². The van der Waals surface area contributed by atoms with Crippen LogP contribution in [-0.2, 0) is 19.1 Å². The quantitative estimate of drug-likeness (QED) is 0.663. The van der Waals surface area contributed by atoms with E-state index in [1.165, 1.54) is 24.0 Å². The second-order valence-corrected chi connectivity index (χ2v) is 7.21. The zero-order chi connectivity index (χ0) is 21.0. The third-order valence-corrected chi connectivity index (χ3v) is 4.71. The highest BCUT2D eigenvalue weighted by Gasteiger charge is 2.26. The first-order valence-electron chi connectivity index (χ1n) is 8.82. The van der Waals surface area contributed by atoms with E-state index in [0.29, 0.717) is 15.9 Å². The van der Waals surface area contributed by atoms with Crippen molar-refractivity contribution in [3.8, 4) is 5.75 Å². The fourth-order valence-corrected chi connectivity index (χ4v) is 3.07. The standard InChI is InChI=1S/C20H18BrFN2O5/c1-12(20(27)23-15-7-6-13(21)10-14(15)22)29-19(26)8-9-24-16-4-2-3-5-17(16)28-11-18(24)25/h2-7,10,12H,8-9,11H2,1H3,(H,23,27). The van der Waals surface area contributed by atoms with Gasteiger partial charge in [-0.15, -0.1) is 0 Å². The molecule has 7 nitrogen and oxygen atoms in total. The number of amides is 2. The van der Waals surface area contributed by atoms with E-state index in [0.717, 1.165) is 0 Å². The highest BCUT2D eigenvalue weighted by atomic mass is 79.9. The number of carbonyl (C=O) groups is 3. The molecule has 2 aromatic rings. The Hall–Kier alpha value is -2.94. The highest BCUT2D eigenvalue weighted by molar-refractivity contribution is 9.10. The molecule has 1 atom stereocenters. The maximum Gasteiger partial charge on any atom is 0.308 e. The second-order valence-electron chi connectivity index (χ2n) is 6.30. The molecule has 2 aromatic carbocycles. The van der Waals surface area contributed by atoms with E-state index in [4.69, 9.17) is 9.47 Å². The maximum atomic E-state index is 13.8. The van der Waals surface area contributed by atoms with Gasteiger partial charge in [0, 0.05) is 11.0 Å². The molecule has 0 bridgehead atoms. The van der Waals surface area contributed by atoms with Crippen LogP contribution in [0.1, 0.15) is 13.3 Å². The molecule has 1 unspecified atom stereocenters. The first-order valence-corrected chi connectivity index (χ1v) is 9.62. The van der Waals surface area contributed by atoms with E-state index in [1.54, 1.807) is 30.3 Å². The van der Waals surface area contributed by atoms with Crippen LogP contribution in [0.3, 0.4) is 0 Å². The fraction of sp³-hybridized carbons (Fsp3) is 0.250. The number of carbonyl (C=O) groups excluding carboxylic acids is 3. The van der Waals surface area contributed by atoms with Crippen LogP contribution in [0, 0.1) is 5.82 Å². The monoisotopic (exact) mass is 464 g/mol. The van der Waals surface area contributed by atoms with Gasteiger partial charge in [-0.1, -0.05) is 28.1 Å². The molecule has 0 saturated heterocycles. The number of hydrogen-bond donors (Lipinski definition) is 1. The summed E-state index contributed by atoms with van der Waals surface area (Å²) in [5.74, 6) is -1.64. The molecule has 1 heterocycles. The van der Waals surface area contributed by atoms with Crippen molar-refractivity contribution in [1.82, 2.24) is 0 Å². The topological polar surface area (TPSA) is 84.9 Å². The van der Waals surface area contributed by atoms with Crippen molar-refractivity contribution >= 4 is 45.1 Å². The van der Waals surface area contributed by atoms with Crippen molar-refractivity contribution in [1.29, 1.82) is 0 Å². The predicted molar refractivity (Wildman–Crippen MR) is 107 cm³/mol. The molecule has 2 amide bonds. The lowest BCUT2D eigenvalue weighted by molar-refractivity contribution is -0.153. The highest BCUT2D eigenvalue weighted by Crippen LogP contribution is 2.31. The number of ether oxygens (including phenoxy) is 2. The van der Waals surface area contributed by atoms with Crippen molar-refractivity contribution in [2.24, 2.45) is 0 Å². The Morgan fingerprint density at radius 3 is 2.83 bits per heavy atom. The predicted octanol–water partition coefficient (Wildman–Crippen LogP) is 3.27. The van der Waals surface area contributed by atoms with Gasteiger partial charge in [0.2, 0.25) is 0 Å². The minimum atomic E-state index is -1.13. The summed E-state index contributed by atoms with van der Waals surface area (Å²) in [6.07, 6.45) is -1.23. The summed E-state index contributed by atoms with van der Waals surface area (Å²) in [5, 5.41) is 2.38. The molecule has 0 saturated carbocycles. The van der Waals surface area contributed by atoms with Gasteiger partial charge in [0.1, 0.15) is 11.6 Å². The van der Waals surface area contributed by atoms with Gasteiger partial charge in [-0.2, -0.15) is 0 Å². The lowest BCUT2D eigenvalue weighted by atomic mass is 10.2. The van der Waals surface area contributed by atoms with Crippen LogP contribution in [-0.4, -0.2) is 37.0 Å². The first-order chi connectivity index (χ1) is 13.8. The van der Waals surface area contributed by atoms with Crippen molar-refractivity contribution in [3.05, 3.63) is 52.8 Å². The van der Waals surface area contributed by atoms with E-state index in [-0.39, 0.29) is 31.2 Å². The van der Waals surface area contributed by atoms with Gasteiger partial charge in [-0.25, -0.2) is 4.39 Å². The Kier molecular flexibility index (Phi) is 6.48. The third-order valence-electron chi connectivity index (χ3n) is 4.21. The van der Waals surface area contributed by atoms with E-state index in [2.05, 4.69) is 21.2 Å². The van der Waals surface area contributed by atoms with Crippen molar-refractivity contribution in [2.75, 3.05) is 23.4 Å². The molecule has 1 aliphatic rings. The van der Waals surface area contributed by atoms with Crippen LogP contribution < -0.4 is 15.0 Å². The molecule has 0 radical (unpaired) electrons. The third kappa shape index (κ3) is 5.11. The van der Waals surface area contributed by atoms with E-state index < -0.39 is 23.8 Å². The van der Waals surface area contributed by atoms with Gasteiger partial charge in [-0.3, -0.25) is 14.4 Å². The van der Waals surface area contributed by atoms with Gasteiger partial charge in [0.15, 0.2) is 12.7 Å². The van der Waals surface area contributed by atoms with Crippen LogP contribution in [0.2, 0.25) is 0 Å². The van der Waals surface area contributed by atoms with Crippen LogP contribution in [0.4, 0.5) is 15.8 Å². The van der Waals surface area contributed by atoms with E-state index >= 15 is 0 Å². The second kappa shape index (κ2) is 9.04. The van der Waals surface area contributed by atoms with Crippen LogP contribution >= 0.6 is 15.9 Å². The summed E-state index contributed by atoms with van der Waals surface area (Å²) in [7, 11) is 0. The number of nitrogens with one attached hydrogen (secondary N) is 1. The van der Waals surface area contributed by atoms with E-state index in [1.807, 2.05) is 0 Å².